The summed E-state index contributed by atoms with van der Waals surface area (Å²) in [4.78, 5) is 41.0. The number of nitrogens with zero attached hydrogens (tertiary/aromatic N) is 4. The van der Waals surface area contributed by atoms with Crippen LogP contribution in [0.2, 0.25) is 0 Å². The molecule has 0 aliphatic heterocycles. The van der Waals surface area contributed by atoms with E-state index < -0.39 is 0 Å². The number of aromatic nitrogens is 4. The maximum atomic E-state index is 13.0. The lowest BCUT2D eigenvalue weighted by molar-refractivity contribution is -0.145. The first-order valence-corrected chi connectivity index (χ1v) is 11.3. The van der Waals surface area contributed by atoms with E-state index >= 15 is 0 Å². The highest BCUT2D eigenvalue weighted by molar-refractivity contribution is 5.69. The zero-order chi connectivity index (χ0) is 23.0. The molecule has 0 aliphatic rings. The van der Waals surface area contributed by atoms with Gasteiger partial charge in [0.1, 0.15) is 0 Å². The Balaban J connectivity index is 1.89. The van der Waals surface area contributed by atoms with Crippen LogP contribution in [0.1, 0.15) is 78.3 Å². The summed E-state index contributed by atoms with van der Waals surface area (Å²) in [6, 6.07) is 0. The molecule has 0 bridgehead atoms. The van der Waals surface area contributed by atoms with E-state index in [1.807, 2.05) is 13.8 Å². The second-order valence-electron chi connectivity index (χ2n) is 8.24. The second-order valence-corrected chi connectivity index (χ2v) is 8.24. The molecule has 2 heterocycles. The van der Waals surface area contributed by atoms with Crippen molar-refractivity contribution in [3.63, 3.8) is 0 Å². The van der Waals surface area contributed by atoms with Crippen LogP contribution in [0.15, 0.2) is 15.9 Å². The Morgan fingerprint density at radius 3 is 2.32 bits per heavy atom. The normalized spacial score (nSPS) is 13.5. The van der Waals surface area contributed by atoms with Gasteiger partial charge in [0.2, 0.25) is 0 Å². The molecule has 1 N–H and O–H groups in total. The molecule has 0 aromatic carbocycles. The Morgan fingerprint density at radius 2 is 1.71 bits per heavy atom. The minimum Gasteiger partial charge on any atom is -0.463 e. The van der Waals surface area contributed by atoms with Crippen LogP contribution in [-0.4, -0.2) is 37.3 Å². The van der Waals surface area contributed by atoms with Crippen LogP contribution in [0.3, 0.4) is 0 Å². The first-order chi connectivity index (χ1) is 14.8. The van der Waals surface area contributed by atoms with Crippen LogP contribution in [0, 0.1) is 0 Å². The van der Waals surface area contributed by atoms with Gasteiger partial charge < -0.3 is 9.30 Å². The Kier molecular flexibility index (Phi) is 9.48. The fourth-order valence-electron chi connectivity index (χ4n) is 4.01. The summed E-state index contributed by atoms with van der Waals surface area (Å²) in [7, 11) is 3.42. The number of carbonyl (C=O) groups is 1. The van der Waals surface area contributed by atoms with Crippen molar-refractivity contribution in [2.45, 2.75) is 84.4 Å². The molecule has 2 aromatic rings. The Morgan fingerprint density at radius 1 is 1.10 bits per heavy atom. The number of unbranched alkanes of at least 4 members (excludes halogenated alkanes) is 5. The van der Waals surface area contributed by atoms with Crippen molar-refractivity contribution >= 4 is 17.1 Å². The molecule has 31 heavy (non-hydrogen) atoms. The zero-order valence-corrected chi connectivity index (χ0v) is 19.5. The lowest BCUT2D eigenvalue weighted by atomic mass is 10.1. The highest BCUT2D eigenvalue weighted by atomic mass is 16.5. The van der Waals surface area contributed by atoms with Crippen LogP contribution >= 0.6 is 0 Å². The van der Waals surface area contributed by atoms with E-state index in [4.69, 9.17) is 4.74 Å². The van der Waals surface area contributed by atoms with Gasteiger partial charge in [-0.25, -0.2) is 14.3 Å². The summed E-state index contributed by atoms with van der Waals surface area (Å²) in [6.07, 6.45) is 9.19. The zero-order valence-electron chi connectivity index (χ0n) is 19.5. The number of carbonyl (C=O) groups excluding carboxylic acids is 1. The predicted molar refractivity (Wildman–Crippen MR) is 121 cm³/mol. The van der Waals surface area contributed by atoms with Crippen LogP contribution in [0.5, 0.6) is 0 Å². The second kappa shape index (κ2) is 11.8. The molecule has 0 aliphatic carbocycles. The monoisotopic (exact) mass is 435 g/mol. The van der Waals surface area contributed by atoms with Crippen molar-refractivity contribution in [2.24, 2.45) is 14.1 Å². The lowest BCUT2D eigenvalue weighted by Gasteiger charge is -2.21. The molecule has 174 valence electrons. The molecule has 2 aromatic heterocycles. The Hall–Kier alpha value is -2.42. The molecule has 2 rings (SSSR count). The van der Waals surface area contributed by atoms with Crippen LogP contribution < -0.4 is 16.6 Å². The molecule has 0 amide bonds. The topological polar surface area (TPSA) is 100 Å². The number of esters is 1. The SMILES string of the molecule is CCNC(CCCCCCCCC(C)OC(C)=O)n1c(=O)c2c(ncn2C)n(C)c1=O. The van der Waals surface area contributed by atoms with E-state index in [-0.39, 0.29) is 29.5 Å². The van der Waals surface area contributed by atoms with Gasteiger partial charge in [0.25, 0.3) is 5.56 Å². The molecule has 0 radical (unpaired) electrons. The van der Waals surface area contributed by atoms with Crippen molar-refractivity contribution in [3.8, 4) is 0 Å². The molecule has 9 nitrogen and oxygen atoms in total. The summed E-state index contributed by atoms with van der Waals surface area (Å²) in [5, 5.41) is 3.30. The third-order valence-corrected chi connectivity index (χ3v) is 5.61. The molecule has 2 unspecified atom stereocenters. The van der Waals surface area contributed by atoms with Crippen molar-refractivity contribution in [2.75, 3.05) is 6.54 Å². The van der Waals surface area contributed by atoms with Gasteiger partial charge in [-0.05, 0) is 32.7 Å². The highest BCUT2D eigenvalue weighted by Crippen LogP contribution is 2.15. The van der Waals surface area contributed by atoms with Gasteiger partial charge in [0.15, 0.2) is 11.2 Å². The molecule has 0 spiro atoms. The number of nitrogens with one attached hydrogen (secondary N) is 1. The van der Waals surface area contributed by atoms with E-state index in [9.17, 15) is 14.4 Å². The third kappa shape index (κ3) is 6.53. The van der Waals surface area contributed by atoms with Gasteiger partial charge in [0, 0.05) is 21.0 Å². The van der Waals surface area contributed by atoms with E-state index in [0.717, 1.165) is 51.4 Å². The van der Waals surface area contributed by atoms with Gasteiger partial charge in [-0.3, -0.25) is 19.5 Å². The minimum atomic E-state index is -0.343. The molecule has 2 atom stereocenters. The Labute approximate surface area is 183 Å². The molecule has 0 fully saturated rings. The number of fused-ring (bicyclic) bond motifs is 1. The summed E-state index contributed by atoms with van der Waals surface area (Å²) < 4.78 is 9.58. The fraction of sp³-hybridized carbons (Fsp3) is 0.727. The van der Waals surface area contributed by atoms with E-state index in [2.05, 4.69) is 10.3 Å². The average molecular weight is 436 g/mol. The molecular weight excluding hydrogens is 398 g/mol. The maximum absolute atomic E-state index is 13.0. The van der Waals surface area contributed by atoms with Crippen molar-refractivity contribution in [1.29, 1.82) is 0 Å². The molecular formula is C22H37N5O4. The van der Waals surface area contributed by atoms with Gasteiger partial charge in [-0.15, -0.1) is 0 Å². The molecule has 0 saturated carbocycles. The van der Waals surface area contributed by atoms with Gasteiger partial charge in [-0.2, -0.15) is 0 Å². The van der Waals surface area contributed by atoms with Gasteiger partial charge >= 0.3 is 11.7 Å². The van der Waals surface area contributed by atoms with E-state index in [0.29, 0.717) is 17.7 Å². The third-order valence-electron chi connectivity index (χ3n) is 5.61. The minimum absolute atomic E-state index is 0.0175. The number of hydrogen-bond donors (Lipinski definition) is 1. The number of ether oxygens (including phenoxy) is 1. The maximum Gasteiger partial charge on any atom is 0.333 e. The summed E-state index contributed by atoms with van der Waals surface area (Å²) in [6.45, 7) is 6.01. The van der Waals surface area contributed by atoms with Crippen molar-refractivity contribution < 1.29 is 9.53 Å². The standard InChI is InChI=1S/C22H37N5O4/c1-6-23-18(14-12-10-8-7-9-11-13-16(2)31-17(3)28)27-21(29)19-20(24-15-25(19)4)26(5)22(27)30/h15-16,18,23H,6-14H2,1-5H3. The van der Waals surface area contributed by atoms with Crippen molar-refractivity contribution in [1.82, 2.24) is 24.0 Å². The largest absolute Gasteiger partial charge is 0.463 e. The lowest BCUT2D eigenvalue weighted by Crippen LogP contribution is -2.46. The van der Waals surface area contributed by atoms with Crippen LogP contribution in [-0.2, 0) is 23.6 Å². The number of imidazole rings is 1. The van der Waals surface area contributed by atoms with Crippen LogP contribution in [0.25, 0.3) is 11.2 Å². The Bertz CT molecular complexity index is 975. The first kappa shape index (κ1) is 24.8. The number of rotatable bonds is 13. The van der Waals surface area contributed by atoms with Gasteiger partial charge in [-0.1, -0.05) is 39.0 Å². The average Bonchev–Trinajstić information content (AvgIpc) is 3.09. The van der Waals surface area contributed by atoms with E-state index in [1.165, 1.54) is 16.1 Å². The summed E-state index contributed by atoms with van der Waals surface area (Å²) >= 11 is 0. The fourth-order valence-corrected chi connectivity index (χ4v) is 4.01. The summed E-state index contributed by atoms with van der Waals surface area (Å²) in [5.74, 6) is -0.223. The van der Waals surface area contributed by atoms with Crippen LogP contribution in [0.4, 0.5) is 0 Å². The first-order valence-electron chi connectivity index (χ1n) is 11.3. The molecule has 0 saturated heterocycles. The quantitative estimate of drug-likeness (QED) is 0.383. The van der Waals surface area contributed by atoms with Gasteiger partial charge in [0.05, 0.1) is 18.6 Å². The summed E-state index contributed by atoms with van der Waals surface area (Å²) in [5.41, 5.74) is 0.204. The highest BCUT2D eigenvalue weighted by Gasteiger charge is 2.20. The number of hydrogen-bond acceptors (Lipinski definition) is 6. The van der Waals surface area contributed by atoms with E-state index in [1.54, 1.807) is 25.0 Å². The smallest absolute Gasteiger partial charge is 0.333 e. The predicted octanol–water partition coefficient (Wildman–Crippen LogP) is 2.61. The number of aryl methyl sites for hydroxylation is 2. The van der Waals surface area contributed by atoms with Crippen molar-refractivity contribution in [3.05, 3.63) is 27.2 Å². The molecule has 9 heteroatoms.